The van der Waals surface area contributed by atoms with Crippen molar-refractivity contribution >= 4 is 0 Å². The van der Waals surface area contributed by atoms with Gasteiger partial charge in [-0.1, -0.05) is 49.1 Å². The van der Waals surface area contributed by atoms with Gasteiger partial charge in [0, 0.05) is 13.2 Å². The molecule has 0 heterocycles. The summed E-state index contributed by atoms with van der Waals surface area (Å²) in [6, 6.07) is 8.68. The lowest BCUT2D eigenvalue weighted by Gasteiger charge is -2.21. The smallest absolute Gasteiger partial charge is 0.0575 e. The Labute approximate surface area is 117 Å². The van der Waals surface area contributed by atoms with Crippen LogP contribution < -0.4 is 5.32 Å². The zero-order chi connectivity index (χ0) is 13.3. The zero-order valence-electron chi connectivity index (χ0n) is 12.2. The molecule has 0 bridgehead atoms. The molecule has 2 nitrogen and oxygen atoms in total. The number of hydrogen-bond donors (Lipinski definition) is 1. The largest absolute Gasteiger partial charge is 0.378 e. The third-order valence-electron chi connectivity index (χ3n) is 3.82. The van der Waals surface area contributed by atoms with Crippen molar-refractivity contribution in [3.8, 4) is 0 Å². The van der Waals surface area contributed by atoms with E-state index in [4.69, 9.17) is 4.74 Å². The third-order valence-corrected chi connectivity index (χ3v) is 3.82. The molecule has 0 aromatic heterocycles. The van der Waals surface area contributed by atoms with Crippen molar-refractivity contribution < 1.29 is 4.74 Å². The molecule has 1 aliphatic carbocycles. The molecule has 1 fully saturated rings. The van der Waals surface area contributed by atoms with Crippen LogP contribution in [0.15, 0.2) is 24.3 Å². The Morgan fingerprint density at radius 1 is 1.21 bits per heavy atom. The maximum absolute atomic E-state index is 5.91. The molecule has 0 amide bonds. The standard InChI is InChI=1S/C17H27NO/c1-15-7-5-8-16(13-15)14-18-11-6-12-19-17-9-3-2-4-10-17/h5,7-8,13,17-18H,2-4,6,9-12,14H2,1H3. The van der Waals surface area contributed by atoms with Gasteiger partial charge >= 0.3 is 0 Å². The Kier molecular flexibility index (Phi) is 6.38. The molecule has 1 aromatic rings. The van der Waals surface area contributed by atoms with Crippen LogP contribution in [0, 0.1) is 6.92 Å². The summed E-state index contributed by atoms with van der Waals surface area (Å²) in [6.45, 7) is 5.05. The second-order valence-electron chi connectivity index (χ2n) is 5.65. The number of benzene rings is 1. The van der Waals surface area contributed by atoms with E-state index in [1.807, 2.05) is 0 Å². The summed E-state index contributed by atoms with van der Waals surface area (Å²) in [5, 5.41) is 3.49. The minimum Gasteiger partial charge on any atom is -0.378 e. The first kappa shape index (κ1) is 14.5. The molecule has 1 aromatic carbocycles. The van der Waals surface area contributed by atoms with E-state index in [1.54, 1.807) is 0 Å². The second-order valence-corrected chi connectivity index (χ2v) is 5.65. The molecule has 1 saturated carbocycles. The van der Waals surface area contributed by atoms with Crippen molar-refractivity contribution in [1.29, 1.82) is 0 Å². The highest BCUT2D eigenvalue weighted by Crippen LogP contribution is 2.20. The average molecular weight is 261 g/mol. The van der Waals surface area contributed by atoms with Crippen LogP contribution in [0.4, 0.5) is 0 Å². The van der Waals surface area contributed by atoms with Crippen LogP contribution >= 0.6 is 0 Å². The predicted octanol–water partition coefficient (Wildman–Crippen LogP) is 3.82. The summed E-state index contributed by atoms with van der Waals surface area (Å²) >= 11 is 0. The summed E-state index contributed by atoms with van der Waals surface area (Å²) in [5.74, 6) is 0. The van der Waals surface area contributed by atoms with E-state index in [1.165, 1.54) is 43.2 Å². The Morgan fingerprint density at radius 2 is 2.05 bits per heavy atom. The Hall–Kier alpha value is -0.860. The lowest BCUT2D eigenvalue weighted by Crippen LogP contribution is -2.20. The fraction of sp³-hybridized carbons (Fsp3) is 0.647. The first-order valence-electron chi connectivity index (χ1n) is 7.72. The van der Waals surface area contributed by atoms with E-state index in [-0.39, 0.29) is 0 Å². The lowest BCUT2D eigenvalue weighted by atomic mass is 9.98. The third kappa shape index (κ3) is 5.75. The van der Waals surface area contributed by atoms with E-state index < -0.39 is 0 Å². The van der Waals surface area contributed by atoms with Gasteiger partial charge in [-0.15, -0.1) is 0 Å². The zero-order valence-corrected chi connectivity index (χ0v) is 12.2. The Morgan fingerprint density at radius 3 is 2.84 bits per heavy atom. The topological polar surface area (TPSA) is 21.3 Å². The van der Waals surface area contributed by atoms with Crippen LogP contribution in [-0.4, -0.2) is 19.3 Å². The number of rotatable bonds is 7. The monoisotopic (exact) mass is 261 g/mol. The minimum absolute atomic E-state index is 0.547. The molecule has 106 valence electrons. The van der Waals surface area contributed by atoms with Crippen molar-refractivity contribution in [1.82, 2.24) is 5.32 Å². The van der Waals surface area contributed by atoms with E-state index in [0.717, 1.165) is 26.1 Å². The Balaban J connectivity index is 1.50. The highest BCUT2D eigenvalue weighted by atomic mass is 16.5. The quantitative estimate of drug-likeness (QED) is 0.753. The molecule has 0 saturated heterocycles. The molecular formula is C17H27NO. The maximum atomic E-state index is 5.91. The summed E-state index contributed by atoms with van der Waals surface area (Å²) in [6.07, 6.45) is 8.32. The van der Waals surface area contributed by atoms with Crippen molar-refractivity contribution in [2.45, 2.75) is 58.1 Å². The van der Waals surface area contributed by atoms with Gasteiger partial charge in [-0.05, 0) is 38.3 Å². The normalized spacial score (nSPS) is 16.7. The number of ether oxygens (including phenoxy) is 1. The first-order valence-corrected chi connectivity index (χ1v) is 7.72. The second kappa shape index (κ2) is 8.34. The first-order chi connectivity index (χ1) is 9.34. The molecular weight excluding hydrogens is 234 g/mol. The van der Waals surface area contributed by atoms with E-state index in [0.29, 0.717) is 6.10 Å². The van der Waals surface area contributed by atoms with Gasteiger partial charge in [0.15, 0.2) is 0 Å². The van der Waals surface area contributed by atoms with Crippen LogP contribution in [0.5, 0.6) is 0 Å². The molecule has 2 heteroatoms. The molecule has 0 unspecified atom stereocenters. The minimum atomic E-state index is 0.547. The van der Waals surface area contributed by atoms with Crippen LogP contribution in [0.2, 0.25) is 0 Å². The average Bonchev–Trinajstić information content (AvgIpc) is 2.44. The van der Waals surface area contributed by atoms with E-state index in [9.17, 15) is 0 Å². The summed E-state index contributed by atoms with van der Waals surface area (Å²) in [7, 11) is 0. The van der Waals surface area contributed by atoms with Gasteiger partial charge in [0.05, 0.1) is 6.10 Å². The van der Waals surface area contributed by atoms with Crippen LogP contribution in [-0.2, 0) is 11.3 Å². The highest BCUT2D eigenvalue weighted by Gasteiger charge is 2.12. The van der Waals surface area contributed by atoms with Crippen molar-refractivity contribution in [2.24, 2.45) is 0 Å². The summed E-state index contributed by atoms with van der Waals surface area (Å²) in [5.41, 5.74) is 2.70. The molecule has 1 N–H and O–H groups in total. The lowest BCUT2D eigenvalue weighted by molar-refractivity contribution is 0.0273. The molecule has 19 heavy (non-hydrogen) atoms. The van der Waals surface area contributed by atoms with Gasteiger partial charge in [0.2, 0.25) is 0 Å². The van der Waals surface area contributed by atoms with Gasteiger partial charge in [-0.25, -0.2) is 0 Å². The van der Waals surface area contributed by atoms with Gasteiger partial charge in [0.25, 0.3) is 0 Å². The molecule has 1 aliphatic rings. The molecule has 0 spiro atoms. The Bertz CT molecular complexity index is 358. The summed E-state index contributed by atoms with van der Waals surface area (Å²) < 4.78 is 5.91. The fourth-order valence-corrected chi connectivity index (χ4v) is 2.73. The van der Waals surface area contributed by atoms with Gasteiger partial charge < -0.3 is 10.1 Å². The SMILES string of the molecule is Cc1cccc(CNCCCOC2CCCCC2)c1. The van der Waals surface area contributed by atoms with Gasteiger partial charge in [-0.3, -0.25) is 0 Å². The van der Waals surface area contributed by atoms with Crippen LogP contribution in [0.3, 0.4) is 0 Å². The summed E-state index contributed by atoms with van der Waals surface area (Å²) in [4.78, 5) is 0. The predicted molar refractivity (Wildman–Crippen MR) is 80.3 cm³/mol. The molecule has 0 atom stereocenters. The number of aryl methyl sites for hydroxylation is 1. The van der Waals surface area contributed by atoms with Gasteiger partial charge in [0.1, 0.15) is 0 Å². The highest BCUT2D eigenvalue weighted by molar-refractivity contribution is 5.21. The van der Waals surface area contributed by atoms with Crippen LogP contribution in [0.25, 0.3) is 0 Å². The maximum Gasteiger partial charge on any atom is 0.0575 e. The number of nitrogens with one attached hydrogen (secondary N) is 1. The van der Waals surface area contributed by atoms with E-state index >= 15 is 0 Å². The fourth-order valence-electron chi connectivity index (χ4n) is 2.73. The van der Waals surface area contributed by atoms with Crippen molar-refractivity contribution in [2.75, 3.05) is 13.2 Å². The van der Waals surface area contributed by atoms with Crippen molar-refractivity contribution in [3.63, 3.8) is 0 Å². The molecule has 2 rings (SSSR count). The van der Waals surface area contributed by atoms with Crippen LogP contribution in [0.1, 0.15) is 49.7 Å². The van der Waals surface area contributed by atoms with Gasteiger partial charge in [-0.2, -0.15) is 0 Å². The molecule has 0 radical (unpaired) electrons. The van der Waals surface area contributed by atoms with E-state index in [2.05, 4.69) is 36.5 Å². The van der Waals surface area contributed by atoms with Crippen molar-refractivity contribution in [3.05, 3.63) is 35.4 Å². The number of hydrogen-bond acceptors (Lipinski definition) is 2. The molecule has 0 aliphatic heterocycles.